The molecule has 103 heavy (non-hydrogen) atoms. The van der Waals surface area contributed by atoms with Gasteiger partial charge in [-0.25, -0.2) is 19.6 Å². The van der Waals surface area contributed by atoms with Gasteiger partial charge in [0.2, 0.25) is 5.91 Å². The number of halogens is 1. The van der Waals surface area contributed by atoms with Gasteiger partial charge in [0.15, 0.2) is 0 Å². The molecule has 0 spiro atoms. The number of alkyl carbamates (subject to hydrolysis) is 2. The van der Waals surface area contributed by atoms with Crippen molar-refractivity contribution in [3.63, 3.8) is 0 Å². The fraction of sp³-hybridized carbons (Fsp3) is 0.688. The zero-order chi connectivity index (χ0) is 77.0. The van der Waals surface area contributed by atoms with E-state index >= 15 is 0 Å². The van der Waals surface area contributed by atoms with Crippen LogP contribution in [0.25, 0.3) is 11.0 Å². The number of hydrogen-bond acceptors (Lipinski definition) is 17. The molecule has 584 valence electrons. The summed E-state index contributed by atoms with van der Waals surface area (Å²) < 4.78 is 15.0. The number of rotatable bonds is 25. The number of ether oxygens (including phenoxy) is 3. The molecule has 0 radical (unpaired) electrons. The van der Waals surface area contributed by atoms with Gasteiger partial charge in [-0.05, 0) is 224 Å². The second-order valence-electron chi connectivity index (χ2n) is 30.0. The first-order valence-electron chi connectivity index (χ1n) is 37.5. The van der Waals surface area contributed by atoms with E-state index in [1.54, 1.807) is 60.6 Å². The zero-order valence-corrected chi connectivity index (χ0v) is 67.4. The minimum absolute atomic E-state index is 0. The first-order valence-corrected chi connectivity index (χ1v) is 37.5. The predicted octanol–water partition coefficient (Wildman–Crippen LogP) is 15.9. The average molecular weight is 1460 g/mol. The molecule has 22 nitrogen and oxygen atoms in total. The Morgan fingerprint density at radius 2 is 1.12 bits per heavy atom. The standard InChI is InChI=1S/C28H44N2O4.C20H31NO.C8H17N3.C8H15NO4.C6H5N3O.C6H15N.C4H8O.ClH/c1-18(2)22-14-13-19(3)17-23(22)25(31)16-15-24(21-11-9-8-10-12-21)30-26(32)20(4)29-27(33)34-28(5,6)7;1-14(2)17-10-9-15(3)13-18(17)20(22)12-11-19(21)16-7-5-4-6-8-16;1-4-9-8-10-6-5-7-11(2)3;1-5(6(10)11)9-7(12)13-8(2,3)4;10-9-6-4-2-1-3-5(6)7-8-9;1-4-7(5-2)6-3;1-2-4-5-3-1;/h8-12,18-20,22-24H,13-17H2,1-7H3,(H,29,33)(H,30,32);4-8,14-15,17-19H,9-13,21H2,1-3H3;4-7H2,1-3H3;5H,1-4H3,(H,9,12)(H,10,11);1-4,10H;4-6H2,1-3H3;1-4H2;1H/t19-,20-,22+,23-,24+;15-,17+,18-,19-;;5-;;;;/m11.1..../s1. The third-order valence-electron chi connectivity index (χ3n) is 17.9. The number of carboxylic acid groups (broad SMARTS) is 1. The Bertz CT molecular complexity index is 3000. The number of hydrogen-bond donors (Lipinski definition) is 6. The quantitative estimate of drug-likeness (QED) is 0.0204. The number of carbonyl (C=O) groups is 6. The van der Waals surface area contributed by atoms with E-state index in [1.165, 1.54) is 58.7 Å². The highest BCUT2D eigenvalue weighted by molar-refractivity contribution is 5.86. The van der Waals surface area contributed by atoms with Crippen molar-refractivity contribution in [3.8, 4) is 0 Å². The molecule has 1 aromatic heterocycles. The minimum Gasteiger partial charge on any atom is -0.480 e. The second-order valence-corrected chi connectivity index (χ2v) is 30.0. The van der Waals surface area contributed by atoms with Crippen molar-refractivity contribution in [2.75, 3.05) is 66.6 Å². The Labute approximate surface area is 625 Å². The highest BCUT2D eigenvalue weighted by Crippen LogP contribution is 2.41. The SMILES string of the molecule is C1CCOC1.CC(C)[C@@H]1CC[C@@H](C)C[C@H]1C(=O)CC[C@@H](N)c1ccccc1.CC(C)[C@@H]1CC[C@@H](C)C[C@H]1C(=O)CC[C@H](NC(=O)[C@@H](C)NC(=O)OC(C)(C)C)c1ccccc1.CCN(CC)CC.CCN=C=NCCCN(C)C.C[C@@H](NC(=O)OC(C)(C)C)C(=O)O.Cl.On1nnc2ccccc21. The number of aliphatic imine (C=N–C) groups is 2. The van der Waals surface area contributed by atoms with E-state index in [4.69, 9.17) is 30.3 Å². The summed E-state index contributed by atoms with van der Waals surface area (Å²) in [6.45, 7) is 43.7. The monoisotopic (exact) mass is 1460 g/mol. The van der Waals surface area contributed by atoms with E-state index in [1.807, 2.05) is 67.6 Å². The van der Waals surface area contributed by atoms with Crippen molar-refractivity contribution in [2.24, 2.45) is 63.1 Å². The van der Waals surface area contributed by atoms with Crippen LogP contribution in [0.15, 0.2) is 94.9 Å². The van der Waals surface area contributed by atoms with Crippen LogP contribution in [0.5, 0.6) is 0 Å². The van der Waals surface area contributed by atoms with Crippen LogP contribution in [0.1, 0.15) is 231 Å². The fourth-order valence-corrected chi connectivity index (χ4v) is 12.0. The molecule has 2 heterocycles. The number of nitrogens with two attached hydrogens (primary N) is 1. The van der Waals surface area contributed by atoms with E-state index in [2.05, 4.69) is 141 Å². The first kappa shape index (κ1) is 96.2. The third-order valence-corrected chi connectivity index (χ3v) is 17.9. The van der Waals surface area contributed by atoms with Gasteiger partial charge in [-0.3, -0.25) is 19.2 Å². The normalized spacial score (nSPS) is 18.7. The lowest BCUT2D eigenvalue weighted by Gasteiger charge is -2.36. The Morgan fingerprint density at radius 3 is 1.52 bits per heavy atom. The van der Waals surface area contributed by atoms with Crippen molar-refractivity contribution in [2.45, 2.75) is 243 Å². The smallest absolute Gasteiger partial charge is 0.408 e. The topological polar surface area (TPSA) is 295 Å². The number of carboxylic acids is 1. The summed E-state index contributed by atoms with van der Waals surface area (Å²) in [6, 6.07) is 27.6. The molecule has 3 aromatic carbocycles. The Hall–Kier alpha value is -6.81. The molecule has 4 aromatic rings. The van der Waals surface area contributed by atoms with Crippen LogP contribution in [0.4, 0.5) is 9.59 Å². The summed E-state index contributed by atoms with van der Waals surface area (Å²) >= 11 is 0. The molecule has 3 amide bonds. The van der Waals surface area contributed by atoms with E-state index in [9.17, 15) is 28.8 Å². The van der Waals surface area contributed by atoms with E-state index in [0.717, 1.165) is 80.9 Å². The molecule has 0 bridgehead atoms. The molecule has 3 aliphatic rings. The minimum atomic E-state index is -1.09. The molecule has 2 aliphatic carbocycles. The molecule has 3 fully saturated rings. The van der Waals surface area contributed by atoms with Crippen LogP contribution in [-0.4, -0.2) is 167 Å². The number of para-hydroxylation sites is 1. The van der Waals surface area contributed by atoms with Crippen LogP contribution < -0.4 is 21.7 Å². The maximum Gasteiger partial charge on any atom is 0.408 e. The molecule has 23 heteroatoms. The largest absolute Gasteiger partial charge is 0.480 e. The molecule has 7 rings (SSSR count). The van der Waals surface area contributed by atoms with E-state index < -0.39 is 41.4 Å². The second kappa shape index (κ2) is 53.0. The van der Waals surface area contributed by atoms with Gasteiger partial charge in [0.05, 0.1) is 18.6 Å². The number of benzene rings is 3. The number of carbonyl (C=O) groups excluding carboxylic acids is 5. The van der Waals surface area contributed by atoms with Crippen molar-refractivity contribution in [3.05, 3.63) is 96.1 Å². The molecule has 7 N–H and O–H groups in total. The number of nitrogens with zero attached hydrogens (tertiary/aromatic N) is 7. The third kappa shape index (κ3) is 43.3. The number of aliphatic carboxylic acids is 1. The van der Waals surface area contributed by atoms with Gasteiger partial charge < -0.3 is 56.0 Å². The van der Waals surface area contributed by atoms with Crippen LogP contribution in [0.3, 0.4) is 0 Å². The number of Topliss-reactive ketones (excluding diaryl/α,β-unsaturated/α-hetero) is 2. The van der Waals surface area contributed by atoms with Crippen LogP contribution in [-0.2, 0) is 33.4 Å². The van der Waals surface area contributed by atoms with Crippen LogP contribution in [0, 0.1) is 47.3 Å². The lowest BCUT2D eigenvalue weighted by Crippen LogP contribution is -2.47. The summed E-state index contributed by atoms with van der Waals surface area (Å²) in [4.78, 5) is 85.4. The fourth-order valence-electron chi connectivity index (χ4n) is 12.0. The molecule has 1 aliphatic heterocycles. The molecule has 2 saturated carbocycles. The van der Waals surface area contributed by atoms with Gasteiger partial charge >= 0.3 is 18.2 Å². The number of amides is 3. The lowest BCUT2D eigenvalue weighted by atomic mass is 9.68. The first-order chi connectivity index (χ1) is 48.1. The van der Waals surface area contributed by atoms with E-state index in [-0.39, 0.29) is 42.2 Å². The summed E-state index contributed by atoms with van der Waals surface area (Å²) in [5.74, 6) is 3.06. The predicted molar refractivity (Wildman–Crippen MR) is 418 cm³/mol. The van der Waals surface area contributed by atoms with Crippen molar-refractivity contribution in [1.82, 2.24) is 40.9 Å². The number of fused-ring (bicyclic) bond motifs is 1. The average Bonchev–Trinajstić information content (AvgIpc) is 1.26. The molecule has 0 unspecified atom stereocenters. The summed E-state index contributed by atoms with van der Waals surface area (Å²) in [7, 11) is 4.12. The molecular formula is C80H136ClN11O11. The van der Waals surface area contributed by atoms with Crippen molar-refractivity contribution >= 4 is 65.1 Å². The Kier molecular flexibility index (Phi) is 49.5. The van der Waals surface area contributed by atoms with E-state index in [0.29, 0.717) is 77.4 Å². The van der Waals surface area contributed by atoms with Gasteiger partial charge in [-0.1, -0.05) is 153 Å². The van der Waals surface area contributed by atoms with Crippen molar-refractivity contribution < 1.29 is 53.3 Å². The lowest BCUT2D eigenvalue weighted by molar-refractivity contribution is -0.139. The highest BCUT2D eigenvalue weighted by atomic mass is 35.5. The number of aromatic nitrogens is 3. The number of nitrogens with one attached hydrogen (secondary N) is 3. The van der Waals surface area contributed by atoms with Gasteiger partial charge in [0.25, 0.3) is 0 Å². The van der Waals surface area contributed by atoms with Gasteiger partial charge in [0, 0.05) is 50.5 Å². The van der Waals surface area contributed by atoms with Gasteiger partial charge in [0.1, 0.15) is 45.9 Å². The highest BCUT2D eigenvalue weighted by Gasteiger charge is 2.37. The summed E-state index contributed by atoms with van der Waals surface area (Å²) in [5.41, 5.74) is 8.40. The summed E-state index contributed by atoms with van der Waals surface area (Å²) in [5, 5.41) is 32.3. The Balaban J connectivity index is 0.00000129. The molecule has 10 atom stereocenters. The molecule has 1 saturated heterocycles. The zero-order valence-electron chi connectivity index (χ0n) is 66.5. The van der Waals surface area contributed by atoms with Crippen molar-refractivity contribution in [1.29, 1.82) is 0 Å². The van der Waals surface area contributed by atoms with Crippen LogP contribution >= 0.6 is 12.4 Å². The number of ketones is 2. The summed E-state index contributed by atoms with van der Waals surface area (Å²) in [6.07, 6.45) is 11.4. The maximum absolute atomic E-state index is 13.3. The van der Waals surface area contributed by atoms with Gasteiger partial charge in [-0.2, -0.15) is 0 Å². The van der Waals surface area contributed by atoms with Gasteiger partial charge in [-0.15, -0.1) is 17.5 Å². The maximum atomic E-state index is 13.3. The Morgan fingerprint density at radius 1 is 0.660 bits per heavy atom. The molecular weight excluding hydrogens is 1330 g/mol. The van der Waals surface area contributed by atoms with Crippen LogP contribution in [0.2, 0.25) is 0 Å².